The first-order valence-corrected chi connectivity index (χ1v) is 6.08. The Morgan fingerprint density at radius 1 is 1.47 bits per heavy atom. The number of carbonyl (C=O) groups is 1. The summed E-state index contributed by atoms with van der Waals surface area (Å²) >= 11 is 1.53. The van der Waals surface area contributed by atoms with E-state index in [1.807, 2.05) is 6.92 Å². The van der Waals surface area contributed by atoms with Crippen LogP contribution in [0.5, 0.6) is 0 Å². The van der Waals surface area contributed by atoms with E-state index in [1.54, 1.807) is 29.8 Å². The summed E-state index contributed by atoms with van der Waals surface area (Å²) in [6.45, 7) is 2.42. The normalized spacial score (nSPS) is 10.2. The van der Waals surface area contributed by atoms with Crippen LogP contribution in [-0.4, -0.2) is 10.9 Å². The molecule has 5 heteroatoms. The maximum atomic E-state index is 11.9. The van der Waals surface area contributed by atoms with Gasteiger partial charge >= 0.3 is 0 Å². The van der Waals surface area contributed by atoms with E-state index in [1.165, 1.54) is 11.3 Å². The zero-order valence-electron chi connectivity index (χ0n) is 9.43. The van der Waals surface area contributed by atoms with E-state index in [-0.39, 0.29) is 5.91 Å². The minimum Gasteiger partial charge on any atom is -0.398 e. The quantitative estimate of drug-likeness (QED) is 0.815. The lowest BCUT2D eigenvalue weighted by Crippen LogP contribution is -2.23. The Labute approximate surface area is 103 Å². The Kier molecular flexibility index (Phi) is 3.39. The summed E-state index contributed by atoms with van der Waals surface area (Å²) in [5.74, 6) is -0.157. The number of thiazole rings is 1. The van der Waals surface area contributed by atoms with Gasteiger partial charge in [0.1, 0.15) is 0 Å². The standard InChI is InChI=1S/C12H13N3OS/c1-8-11(17-7-15-8)6-14-12(16)9-4-2-3-5-10(9)13/h2-5,7H,6,13H2,1H3,(H,14,16). The highest BCUT2D eigenvalue weighted by Gasteiger charge is 2.09. The van der Waals surface area contributed by atoms with Gasteiger partial charge in [-0.2, -0.15) is 0 Å². The zero-order chi connectivity index (χ0) is 12.3. The molecule has 0 radical (unpaired) electrons. The van der Waals surface area contributed by atoms with Crippen LogP contribution in [0.25, 0.3) is 0 Å². The summed E-state index contributed by atoms with van der Waals surface area (Å²) < 4.78 is 0. The first-order valence-electron chi connectivity index (χ1n) is 5.20. The predicted octanol–water partition coefficient (Wildman–Crippen LogP) is 1.96. The maximum absolute atomic E-state index is 11.9. The van der Waals surface area contributed by atoms with Gasteiger partial charge in [-0.25, -0.2) is 4.98 Å². The van der Waals surface area contributed by atoms with E-state index in [0.29, 0.717) is 17.8 Å². The minimum atomic E-state index is -0.157. The summed E-state index contributed by atoms with van der Waals surface area (Å²) in [6, 6.07) is 7.03. The fraction of sp³-hybridized carbons (Fsp3) is 0.167. The molecule has 0 aliphatic carbocycles. The van der Waals surface area contributed by atoms with E-state index in [9.17, 15) is 4.79 Å². The molecule has 0 atom stereocenters. The number of nitrogen functional groups attached to an aromatic ring is 1. The van der Waals surface area contributed by atoms with Crippen LogP contribution in [0.15, 0.2) is 29.8 Å². The molecule has 1 aromatic heterocycles. The molecule has 88 valence electrons. The highest BCUT2D eigenvalue weighted by molar-refractivity contribution is 7.09. The number of para-hydroxylation sites is 1. The number of aryl methyl sites for hydroxylation is 1. The second-order valence-corrected chi connectivity index (χ2v) is 4.57. The van der Waals surface area contributed by atoms with Crippen molar-refractivity contribution in [3.8, 4) is 0 Å². The van der Waals surface area contributed by atoms with Crippen molar-refractivity contribution in [3.63, 3.8) is 0 Å². The summed E-state index contributed by atoms with van der Waals surface area (Å²) in [7, 11) is 0. The number of carbonyl (C=O) groups excluding carboxylic acids is 1. The van der Waals surface area contributed by atoms with Crippen molar-refractivity contribution in [2.24, 2.45) is 0 Å². The van der Waals surface area contributed by atoms with Crippen LogP contribution in [0.2, 0.25) is 0 Å². The third-order valence-electron chi connectivity index (χ3n) is 2.46. The number of nitrogens with one attached hydrogen (secondary N) is 1. The van der Waals surface area contributed by atoms with Gasteiger partial charge < -0.3 is 11.1 Å². The lowest BCUT2D eigenvalue weighted by Gasteiger charge is -2.06. The third kappa shape index (κ3) is 2.62. The molecule has 0 saturated heterocycles. The second kappa shape index (κ2) is 4.97. The summed E-state index contributed by atoms with van der Waals surface area (Å²) in [4.78, 5) is 17.1. The first kappa shape index (κ1) is 11.6. The molecule has 1 amide bonds. The number of nitrogens with two attached hydrogens (primary N) is 1. The van der Waals surface area contributed by atoms with Gasteiger partial charge in [-0.3, -0.25) is 4.79 Å². The molecule has 4 nitrogen and oxygen atoms in total. The molecule has 1 heterocycles. The lowest BCUT2D eigenvalue weighted by atomic mass is 10.1. The van der Waals surface area contributed by atoms with Crippen LogP contribution in [0.1, 0.15) is 20.9 Å². The van der Waals surface area contributed by atoms with Crippen molar-refractivity contribution in [2.45, 2.75) is 13.5 Å². The maximum Gasteiger partial charge on any atom is 0.253 e. The number of amides is 1. The van der Waals surface area contributed by atoms with E-state index in [2.05, 4.69) is 10.3 Å². The average Bonchev–Trinajstić information content (AvgIpc) is 2.72. The van der Waals surface area contributed by atoms with Crippen molar-refractivity contribution >= 4 is 22.9 Å². The van der Waals surface area contributed by atoms with Crippen molar-refractivity contribution in [1.29, 1.82) is 0 Å². The van der Waals surface area contributed by atoms with Crippen LogP contribution in [0.4, 0.5) is 5.69 Å². The number of hydrogen-bond acceptors (Lipinski definition) is 4. The molecule has 0 fully saturated rings. The molecule has 0 saturated carbocycles. The Balaban J connectivity index is 2.04. The van der Waals surface area contributed by atoms with Gasteiger partial charge in [0.15, 0.2) is 0 Å². The molecule has 2 rings (SSSR count). The van der Waals surface area contributed by atoms with Crippen LogP contribution in [0, 0.1) is 6.92 Å². The van der Waals surface area contributed by atoms with Gasteiger partial charge in [0.2, 0.25) is 0 Å². The molecule has 0 aliphatic heterocycles. The van der Waals surface area contributed by atoms with E-state index >= 15 is 0 Å². The number of benzene rings is 1. The largest absolute Gasteiger partial charge is 0.398 e. The molecule has 17 heavy (non-hydrogen) atoms. The van der Waals surface area contributed by atoms with E-state index < -0.39 is 0 Å². The van der Waals surface area contributed by atoms with Gasteiger partial charge in [-0.1, -0.05) is 12.1 Å². The molecular weight excluding hydrogens is 234 g/mol. The van der Waals surface area contributed by atoms with Crippen molar-refractivity contribution in [2.75, 3.05) is 5.73 Å². The fourth-order valence-electron chi connectivity index (χ4n) is 1.46. The van der Waals surface area contributed by atoms with Crippen LogP contribution in [-0.2, 0) is 6.54 Å². The molecule has 0 bridgehead atoms. The monoisotopic (exact) mass is 247 g/mol. The number of rotatable bonds is 3. The Morgan fingerprint density at radius 2 is 2.24 bits per heavy atom. The van der Waals surface area contributed by atoms with Gasteiger partial charge in [0.25, 0.3) is 5.91 Å². The zero-order valence-corrected chi connectivity index (χ0v) is 10.3. The summed E-state index contributed by atoms with van der Waals surface area (Å²) in [5.41, 5.74) is 9.46. The summed E-state index contributed by atoms with van der Waals surface area (Å²) in [5, 5.41) is 2.83. The highest BCUT2D eigenvalue weighted by Crippen LogP contribution is 2.13. The minimum absolute atomic E-state index is 0.157. The molecule has 0 unspecified atom stereocenters. The van der Waals surface area contributed by atoms with Crippen LogP contribution >= 0.6 is 11.3 Å². The second-order valence-electron chi connectivity index (χ2n) is 3.63. The molecular formula is C12H13N3OS. The number of aromatic nitrogens is 1. The smallest absolute Gasteiger partial charge is 0.253 e. The van der Waals surface area contributed by atoms with E-state index in [0.717, 1.165) is 10.6 Å². The number of hydrogen-bond donors (Lipinski definition) is 2. The lowest BCUT2D eigenvalue weighted by molar-refractivity contribution is 0.0952. The molecule has 2 aromatic rings. The number of anilines is 1. The van der Waals surface area contributed by atoms with Gasteiger partial charge in [-0.05, 0) is 19.1 Å². The Morgan fingerprint density at radius 3 is 2.88 bits per heavy atom. The fourth-order valence-corrected chi connectivity index (χ4v) is 2.17. The number of nitrogens with zero attached hydrogens (tertiary/aromatic N) is 1. The molecule has 1 aromatic carbocycles. The van der Waals surface area contributed by atoms with Gasteiger partial charge in [-0.15, -0.1) is 11.3 Å². The molecule has 0 spiro atoms. The van der Waals surface area contributed by atoms with Crippen LogP contribution in [0.3, 0.4) is 0 Å². The topological polar surface area (TPSA) is 68.0 Å². The third-order valence-corrected chi connectivity index (χ3v) is 3.39. The van der Waals surface area contributed by atoms with Crippen LogP contribution < -0.4 is 11.1 Å². The average molecular weight is 247 g/mol. The van der Waals surface area contributed by atoms with Crippen molar-refractivity contribution in [1.82, 2.24) is 10.3 Å². The first-order chi connectivity index (χ1) is 8.18. The molecule has 3 N–H and O–H groups in total. The highest BCUT2D eigenvalue weighted by atomic mass is 32.1. The Hall–Kier alpha value is -1.88. The molecule has 0 aliphatic rings. The summed E-state index contributed by atoms with van der Waals surface area (Å²) in [6.07, 6.45) is 0. The van der Waals surface area contributed by atoms with Crippen molar-refractivity contribution < 1.29 is 4.79 Å². The van der Waals surface area contributed by atoms with Gasteiger partial charge in [0.05, 0.1) is 23.3 Å². The Bertz CT molecular complexity index is 536. The van der Waals surface area contributed by atoms with Gasteiger partial charge in [0, 0.05) is 10.6 Å². The SMILES string of the molecule is Cc1ncsc1CNC(=O)c1ccccc1N. The van der Waals surface area contributed by atoms with E-state index in [4.69, 9.17) is 5.73 Å². The predicted molar refractivity (Wildman–Crippen MR) is 68.9 cm³/mol. The van der Waals surface area contributed by atoms with Crippen molar-refractivity contribution in [3.05, 3.63) is 45.9 Å².